The van der Waals surface area contributed by atoms with E-state index in [0.717, 1.165) is 44.2 Å². The van der Waals surface area contributed by atoms with E-state index >= 15 is 0 Å². The van der Waals surface area contributed by atoms with Crippen molar-refractivity contribution < 1.29 is 14.1 Å². The predicted molar refractivity (Wildman–Crippen MR) is 76.3 cm³/mol. The lowest BCUT2D eigenvalue weighted by atomic mass is 9.80. The van der Waals surface area contributed by atoms with Crippen molar-refractivity contribution in [1.82, 2.24) is 0 Å². The summed E-state index contributed by atoms with van der Waals surface area (Å²) in [6.45, 7) is 0. The molecule has 1 saturated carbocycles. The van der Waals surface area contributed by atoms with Crippen LogP contribution in [0.2, 0.25) is 0 Å². The second-order valence-electron chi connectivity index (χ2n) is 5.57. The molecule has 1 aliphatic rings. The molecule has 0 heterocycles. The Morgan fingerprint density at radius 1 is 1.38 bits per heavy atom. The largest absolute Gasteiger partial charge is 0.326 e. The molecule has 21 heavy (non-hydrogen) atoms. The highest BCUT2D eigenvalue weighted by atomic mass is 19.1. The van der Waals surface area contributed by atoms with E-state index in [4.69, 9.17) is 5.73 Å². The fourth-order valence-electron chi connectivity index (χ4n) is 2.69. The molecular formula is C14H18FN3O3. The molecule has 7 heteroatoms. The molecular weight excluding hydrogens is 277 g/mol. The number of rotatable bonds is 4. The molecule has 2 rings (SSSR count). The van der Waals surface area contributed by atoms with Gasteiger partial charge in [-0.25, -0.2) is 0 Å². The number of hydrogen-bond donors (Lipinski definition) is 2. The predicted octanol–water partition coefficient (Wildman–Crippen LogP) is 2.72. The lowest BCUT2D eigenvalue weighted by Gasteiger charge is -2.32. The molecule has 114 valence electrons. The van der Waals surface area contributed by atoms with Gasteiger partial charge in [-0.2, -0.15) is 4.39 Å². The van der Waals surface area contributed by atoms with Crippen LogP contribution in [-0.4, -0.2) is 16.4 Å². The second kappa shape index (κ2) is 6.17. The van der Waals surface area contributed by atoms with Crippen molar-refractivity contribution in [2.45, 2.75) is 44.1 Å². The van der Waals surface area contributed by atoms with Crippen molar-refractivity contribution in [3.05, 3.63) is 34.1 Å². The van der Waals surface area contributed by atoms with Crippen LogP contribution in [0, 0.1) is 15.9 Å². The molecule has 0 aromatic heterocycles. The Morgan fingerprint density at radius 3 is 2.62 bits per heavy atom. The summed E-state index contributed by atoms with van der Waals surface area (Å²) in [4.78, 5) is 21.7. The van der Waals surface area contributed by atoms with Gasteiger partial charge in [0.05, 0.1) is 4.92 Å². The van der Waals surface area contributed by atoms with Gasteiger partial charge in [0.1, 0.15) is 0 Å². The Bertz CT molecular complexity index is 556. The summed E-state index contributed by atoms with van der Waals surface area (Å²) in [6, 6.07) is 3.28. The standard InChI is InChI=1S/C14H18FN3O3/c15-11-8-10(4-5-12(11)18(20)21)17-13(19)9-14(16)6-2-1-3-7-14/h4-5,8H,1-3,6-7,9,16H2,(H,17,19). The second-order valence-corrected chi connectivity index (χ2v) is 5.57. The van der Waals surface area contributed by atoms with E-state index in [0.29, 0.717) is 0 Å². The first kappa shape index (κ1) is 15.4. The SMILES string of the molecule is NC1(CC(=O)Nc2ccc([N+](=O)[O-])c(F)c2)CCCCC1. The van der Waals surface area contributed by atoms with Gasteiger partial charge < -0.3 is 11.1 Å². The Labute approximate surface area is 121 Å². The maximum Gasteiger partial charge on any atom is 0.304 e. The highest BCUT2D eigenvalue weighted by Gasteiger charge is 2.30. The molecule has 1 amide bonds. The number of carbonyl (C=O) groups is 1. The quantitative estimate of drug-likeness (QED) is 0.659. The van der Waals surface area contributed by atoms with Gasteiger partial charge in [-0.05, 0) is 18.9 Å². The molecule has 0 aliphatic heterocycles. The third-order valence-corrected chi connectivity index (χ3v) is 3.79. The summed E-state index contributed by atoms with van der Waals surface area (Å²) in [5.74, 6) is -1.27. The number of amides is 1. The minimum absolute atomic E-state index is 0.172. The van der Waals surface area contributed by atoms with Gasteiger partial charge in [0.2, 0.25) is 11.7 Å². The summed E-state index contributed by atoms with van der Waals surface area (Å²) < 4.78 is 13.5. The van der Waals surface area contributed by atoms with E-state index in [1.165, 1.54) is 6.07 Å². The van der Waals surface area contributed by atoms with Crippen LogP contribution in [0.4, 0.5) is 15.8 Å². The molecule has 0 spiro atoms. The van der Waals surface area contributed by atoms with Gasteiger partial charge in [-0.1, -0.05) is 19.3 Å². The number of nitro benzene ring substituents is 1. The van der Waals surface area contributed by atoms with Gasteiger partial charge in [0, 0.05) is 29.8 Å². The summed E-state index contributed by atoms with van der Waals surface area (Å²) >= 11 is 0. The van der Waals surface area contributed by atoms with E-state index < -0.39 is 22.0 Å². The molecule has 0 radical (unpaired) electrons. The first-order chi connectivity index (χ1) is 9.89. The van der Waals surface area contributed by atoms with Gasteiger partial charge in [-0.3, -0.25) is 14.9 Å². The van der Waals surface area contributed by atoms with Gasteiger partial charge >= 0.3 is 5.69 Å². The molecule has 1 fully saturated rings. The van der Waals surface area contributed by atoms with Gasteiger partial charge in [0.15, 0.2) is 0 Å². The van der Waals surface area contributed by atoms with Crippen LogP contribution >= 0.6 is 0 Å². The molecule has 6 nitrogen and oxygen atoms in total. The molecule has 3 N–H and O–H groups in total. The number of hydrogen-bond acceptors (Lipinski definition) is 4. The Kier molecular flexibility index (Phi) is 4.52. The fourth-order valence-corrected chi connectivity index (χ4v) is 2.69. The number of halogens is 1. The van der Waals surface area contributed by atoms with Gasteiger partial charge in [-0.15, -0.1) is 0 Å². The Hall–Kier alpha value is -2.02. The topological polar surface area (TPSA) is 98.3 Å². The average molecular weight is 295 g/mol. The smallest absolute Gasteiger partial charge is 0.304 e. The third kappa shape index (κ3) is 3.98. The van der Waals surface area contributed by atoms with E-state index in [1.807, 2.05) is 0 Å². The Balaban J connectivity index is 1.99. The van der Waals surface area contributed by atoms with Crippen molar-refractivity contribution in [2.24, 2.45) is 5.73 Å². The maximum absolute atomic E-state index is 13.5. The number of carbonyl (C=O) groups excluding carboxylic acids is 1. The van der Waals surface area contributed by atoms with E-state index in [-0.39, 0.29) is 18.0 Å². The van der Waals surface area contributed by atoms with Crippen LogP contribution in [0.15, 0.2) is 18.2 Å². The summed E-state index contributed by atoms with van der Waals surface area (Å²) in [7, 11) is 0. The Morgan fingerprint density at radius 2 is 2.05 bits per heavy atom. The van der Waals surface area contributed by atoms with E-state index in [1.54, 1.807) is 0 Å². The minimum Gasteiger partial charge on any atom is -0.326 e. The number of nitro groups is 1. The zero-order chi connectivity index (χ0) is 15.5. The normalized spacial score (nSPS) is 17.2. The molecule has 0 bridgehead atoms. The highest BCUT2D eigenvalue weighted by molar-refractivity contribution is 5.91. The van der Waals surface area contributed by atoms with Crippen molar-refractivity contribution in [3.8, 4) is 0 Å². The lowest BCUT2D eigenvalue weighted by molar-refractivity contribution is -0.387. The molecule has 1 aromatic carbocycles. The van der Waals surface area contributed by atoms with Crippen LogP contribution in [-0.2, 0) is 4.79 Å². The molecule has 1 aromatic rings. The molecule has 1 aliphatic carbocycles. The summed E-state index contributed by atoms with van der Waals surface area (Å²) in [5.41, 5.74) is 5.27. The first-order valence-electron chi connectivity index (χ1n) is 6.92. The van der Waals surface area contributed by atoms with Crippen LogP contribution in [0.5, 0.6) is 0 Å². The zero-order valence-corrected chi connectivity index (χ0v) is 11.6. The van der Waals surface area contributed by atoms with Crippen molar-refractivity contribution in [3.63, 3.8) is 0 Å². The van der Waals surface area contributed by atoms with Gasteiger partial charge in [0.25, 0.3) is 0 Å². The fraction of sp³-hybridized carbons (Fsp3) is 0.500. The number of anilines is 1. The number of nitrogens with zero attached hydrogens (tertiary/aromatic N) is 1. The van der Waals surface area contributed by atoms with Crippen molar-refractivity contribution >= 4 is 17.3 Å². The number of nitrogens with two attached hydrogens (primary N) is 1. The van der Waals surface area contributed by atoms with Crippen molar-refractivity contribution in [1.29, 1.82) is 0 Å². The maximum atomic E-state index is 13.5. The number of nitrogens with one attached hydrogen (secondary N) is 1. The van der Waals surface area contributed by atoms with Crippen molar-refractivity contribution in [2.75, 3.05) is 5.32 Å². The molecule has 0 unspecified atom stereocenters. The molecule has 0 saturated heterocycles. The summed E-state index contributed by atoms with van der Waals surface area (Å²) in [5, 5.41) is 13.1. The van der Waals surface area contributed by atoms with Crippen LogP contribution < -0.4 is 11.1 Å². The average Bonchev–Trinajstić information content (AvgIpc) is 2.38. The van der Waals surface area contributed by atoms with E-state index in [2.05, 4.69) is 5.32 Å². The number of benzene rings is 1. The van der Waals surface area contributed by atoms with Crippen LogP contribution in [0.3, 0.4) is 0 Å². The monoisotopic (exact) mass is 295 g/mol. The third-order valence-electron chi connectivity index (χ3n) is 3.79. The minimum atomic E-state index is -0.974. The summed E-state index contributed by atoms with van der Waals surface area (Å²) in [6.07, 6.45) is 4.93. The molecule has 0 atom stereocenters. The lowest BCUT2D eigenvalue weighted by Crippen LogP contribution is -2.44. The first-order valence-corrected chi connectivity index (χ1v) is 6.92. The van der Waals surface area contributed by atoms with E-state index in [9.17, 15) is 19.3 Å². The zero-order valence-electron chi connectivity index (χ0n) is 11.6. The van der Waals surface area contributed by atoms with Crippen LogP contribution in [0.25, 0.3) is 0 Å². The highest BCUT2D eigenvalue weighted by Crippen LogP contribution is 2.29. The van der Waals surface area contributed by atoms with Crippen LogP contribution in [0.1, 0.15) is 38.5 Å².